The topological polar surface area (TPSA) is 18.5 Å². The first-order chi connectivity index (χ1) is 10.4. The van der Waals surface area contributed by atoms with Crippen molar-refractivity contribution in [1.82, 2.24) is 0 Å². The Bertz CT molecular complexity index is 207. The van der Waals surface area contributed by atoms with Crippen LogP contribution in [0.15, 0.2) is 12.2 Å². The molecule has 0 atom stereocenters. The van der Waals surface area contributed by atoms with Crippen molar-refractivity contribution in [2.24, 2.45) is 0 Å². The van der Waals surface area contributed by atoms with Gasteiger partial charge in [-0.05, 0) is 36.5 Å². The average Bonchev–Trinajstić information content (AvgIpc) is 2.50. The van der Waals surface area contributed by atoms with Gasteiger partial charge < -0.3 is 9.47 Å². The fraction of sp³-hybridized carbons (Fsp3) is 0.889. The summed E-state index contributed by atoms with van der Waals surface area (Å²) in [6, 6.07) is 0. The number of alkyl halides is 1. The van der Waals surface area contributed by atoms with E-state index in [-0.39, 0.29) is 0 Å². The molecule has 126 valence electrons. The van der Waals surface area contributed by atoms with Gasteiger partial charge in [0.2, 0.25) is 0 Å². The summed E-state index contributed by atoms with van der Waals surface area (Å²) in [7, 11) is 0. The van der Waals surface area contributed by atoms with E-state index in [9.17, 15) is 0 Å². The SMILES string of the molecule is CCCCCCCOCOCCC=CCCCCCCI. The van der Waals surface area contributed by atoms with Crippen molar-refractivity contribution in [3.05, 3.63) is 12.2 Å². The van der Waals surface area contributed by atoms with Crippen molar-refractivity contribution in [2.75, 3.05) is 24.4 Å². The van der Waals surface area contributed by atoms with E-state index >= 15 is 0 Å². The van der Waals surface area contributed by atoms with E-state index in [1.165, 1.54) is 68.6 Å². The zero-order chi connectivity index (χ0) is 15.4. The van der Waals surface area contributed by atoms with E-state index in [0.717, 1.165) is 19.6 Å². The standard InChI is InChI=1S/C18H35IO2/c1-2-3-4-10-13-16-20-18-21-17-14-11-8-6-5-7-9-12-15-19/h8,11H,2-7,9-10,12-18H2,1H3. The number of halogens is 1. The molecule has 0 rings (SSSR count). The van der Waals surface area contributed by atoms with Crippen LogP contribution in [0.25, 0.3) is 0 Å². The maximum atomic E-state index is 5.45. The summed E-state index contributed by atoms with van der Waals surface area (Å²) in [5.74, 6) is 0. The highest BCUT2D eigenvalue weighted by Crippen LogP contribution is 2.05. The fourth-order valence-electron chi connectivity index (χ4n) is 2.08. The van der Waals surface area contributed by atoms with Crippen LogP contribution in [0.5, 0.6) is 0 Å². The van der Waals surface area contributed by atoms with E-state index in [1.54, 1.807) is 0 Å². The third-order valence-electron chi connectivity index (χ3n) is 3.41. The van der Waals surface area contributed by atoms with Crippen molar-refractivity contribution in [3.63, 3.8) is 0 Å². The Labute approximate surface area is 146 Å². The number of ether oxygens (including phenoxy) is 2. The second kappa shape index (κ2) is 20.4. The summed E-state index contributed by atoms with van der Waals surface area (Å²) < 4.78 is 12.2. The number of unbranched alkanes of at least 4 members (excludes halogenated alkanes) is 8. The molecule has 0 amide bonds. The van der Waals surface area contributed by atoms with Crippen LogP contribution in [0.3, 0.4) is 0 Å². The predicted molar refractivity (Wildman–Crippen MR) is 101 cm³/mol. The molecule has 0 bridgehead atoms. The molecule has 0 aromatic heterocycles. The minimum atomic E-state index is 0.456. The summed E-state index contributed by atoms with van der Waals surface area (Å²) in [6.45, 7) is 4.32. The number of hydrogen-bond donors (Lipinski definition) is 0. The van der Waals surface area contributed by atoms with Gasteiger partial charge in [-0.25, -0.2) is 0 Å². The lowest BCUT2D eigenvalue weighted by molar-refractivity contribution is -0.0531. The molecule has 0 radical (unpaired) electrons. The van der Waals surface area contributed by atoms with Gasteiger partial charge in [0.05, 0.1) is 6.61 Å². The number of allylic oxidation sites excluding steroid dienone is 1. The zero-order valence-electron chi connectivity index (χ0n) is 14.0. The van der Waals surface area contributed by atoms with Gasteiger partial charge in [-0.3, -0.25) is 0 Å². The molecule has 0 heterocycles. The Balaban J connectivity index is 3.01. The zero-order valence-corrected chi connectivity index (χ0v) is 16.1. The van der Waals surface area contributed by atoms with Crippen LogP contribution in [0.1, 0.15) is 77.6 Å². The molecule has 0 aromatic rings. The van der Waals surface area contributed by atoms with Gasteiger partial charge >= 0.3 is 0 Å². The van der Waals surface area contributed by atoms with Crippen molar-refractivity contribution < 1.29 is 9.47 Å². The summed E-state index contributed by atoms with van der Waals surface area (Å²) in [6.07, 6.45) is 18.7. The van der Waals surface area contributed by atoms with E-state index in [4.69, 9.17) is 9.47 Å². The molecular formula is C18H35IO2. The maximum Gasteiger partial charge on any atom is 0.146 e. The largest absolute Gasteiger partial charge is 0.355 e. The molecule has 0 aliphatic carbocycles. The normalized spacial score (nSPS) is 11.5. The van der Waals surface area contributed by atoms with Crippen molar-refractivity contribution in [2.45, 2.75) is 77.6 Å². The average molecular weight is 410 g/mol. The minimum absolute atomic E-state index is 0.456. The molecule has 0 saturated carbocycles. The molecule has 0 aliphatic heterocycles. The Morgan fingerprint density at radius 1 is 0.714 bits per heavy atom. The van der Waals surface area contributed by atoms with Crippen LogP contribution in [0.4, 0.5) is 0 Å². The van der Waals surface area contributed by atoms with Gasteiger partial charge in [0.15, 0.2) is 0 Å². The summed E-state index contributed by atoms with van der Waals surface area (Å²) >= 11 is 2.45. The lowest BCUT2D eigenvalue weighted by atomic mass is 10.1. The Hall–Kier alpha value is 0.390. The van der Waals surface area contributed by atoms with Crippen LogP contribution in [0, 0.1) is 0 Å². The summed E-state index contributed by atoms with van der Waals surface area (Å²) in [4.78, 5) is 0. The van der Waals surface area contributed by atoms with Crippen molar-refractivity contribution in [1.29, 1.82) is 0 Å². The van der Waals surface area contributed by atoms with Crippen LogP contribution in [0.2, 0.25) is 0 Å². The molecule has 0 aliphatic rings. The second-order valence-electron chi connectivity index (χ2n) is 5.50. The predicted octanol–water partition coefficient (Wildman–Crippen LogP) is 6.28. The van der Waals surface area contributed by atoms with Crippen LogP contribution < -0.4 is 0 Å². The lowest BCUT2D eigenvalue weighted by Crippen LogP contribution is -2.02. The fourth-order valence-corrected chi connectivity index (χ4v) is 2.62. The minimum Gasteiger partial charge on any atom is -0.355 e. The quantitative estimate of drug-likeness (QED) is 0.0924. The number of rotatable bonds is 17. The van der Waals surface area contributed by atoms with Gasteiger partial charge in [0.1, 0.15) is 6.79 Å². The van der Waals surface area contributed by atoms with Gasteiger partial charge in [-0.15, -0.1) is 0 Å². The maximum absolute atomic E-state index is 5.45. The first kappa shape index (κ1) is 21.4. The molecule has 0 fully saturated rings. The first-order valence-electron chi connectivity index (χ1n) is 8.78. The third-order valence-corrected chi connectivity index (χ3v) is 4.17. The van der Waals surface area contributed by atoms with E-state index in [2.05, 4.69) is 41.7 Å². The molecule has 0 unspecified atom stereocenters. The molecule has 2 nitrogen and oxygen atoms in total. The van der Waals surface area contributed by atoms with Crippen LogP contribution in [-0.2, 0) is 9.47 Å². The molecule has 0 N–H and O–H groups in total. The smallest absolute Gasteiger partial charge is 0.146 e. The van der Waals surface area contributed by atoms with Crippen molar-refractivity contribution >= 4 is 22.6 Å². The lowest BCUT2D eigenvalue weighted by Gasteiger charge is -2.04. The molecular weight excluding hydrogens is 375 g/mol. The Morgan fingerprint density at radius 2 is 1.38 bits per heavy atom. The van der Waals surface area contributed by atoms with E-state index < -0.39 is 0 Å². The van der Waals surface area contributed by atoms with Gasteiger partial charge in [-0.2, -0.15) is 0 Å². The highest BCUT2D eigenvalue weighted by atomic mass is 127. The first-order valence-corrected chi connectivity index (χ1v) is 10.3. The van der Waals surface area contributed by atoms with Gasteiger partial charge in [0.25, 0.3) is 0 Å². The van der Waals surface area contributed by atoms with E-state index in [0.29, 0.717) is 6.79 Å². The van der Waals surface area contributed by atoms with Crippen LogP contribution in [-0.4, -0.2) is 24.4 Å². The number of hydrogen-bond acceptors (Lipinski definition) is 2. The van der Waals surface area contributed by atoms with Gasteiger partial charge in [-0.1, -0.05) is 80.2 Å². The molecule has 0 aromatic carbocycles. The molecule has 21 heavy (non-hydrogen) atoms. The van der Waals surface area contributed by atoms with Crippen molar-refractivity contribution in [3.8, 4) is 0 Å². The van der Waals surface area contributed by atoms with Gasteiger partial charge in [0, 0.05) is 6.61 Å². The highest BCUT2D eigenvalue weighted by molar-refractivity contribution is 14.1. The molecule has 3 heteroatoms. The second-order valence-corrected chi connectivity index (χ2v) is 6.58. The Kier molecular flexibility index (Phi) is 20.8. The summed E-state index contributed by atoms with van der Waals surface area (Å²) in [5.41, 5.74) is 0. The highest BCUT2D eigenvalue weighted by Gasteiger charge is 1.91. The van der Waals surface area contributed by atoms with E-state index in [1.807, 2.05) is 0 Å². The monoisotopic (exact) mass is 410 g/mol. The molecule has 0 spiro atoms. The third kappa shape index (κ3) is 20.4. The summed E-state index contributed by atoms with van der Waals surface area (Å²) in [5, 5.41) is 0. The Morgan fingerprint density at radius 3 is 2.19 bits per heavy atom. The van der Waals surface area contributed by atoms with Crippen LogP contribution >= 0.6 is 22.6 Å². The molecule has 0 saturated heterocycles.